The fraction of sp³-hybridized carbons (Fsp3) is 0.667. The van der Waals surface area contributed by atoms with Gasteiger partial charge in [-0.3, -0.25) is 14.4 Å². The first-order valence-corrected chi connectivity index (χ1v) is 19.3. The number of fused-ring (bicyclic) bond motifs is 5. The van der Waals surface area contributed by atoms with E-state index in [1.54, 1.807) is 58.0 Å². The van der Waals surface area contributed by atoms with Crippen molar-refractivity contribution in [3.8, 4) is 0 Å². The summed E-state index contributed by atoms with van der Waals surface area (Å²) in [4.78, 5) is 56.2. The third kappa shape index (κ3) is 5.10. The maximum Gasteiger partial charge on any atom is 0.338 e. The van der Waals surface area contributed by atoms with Gasteiger partial charge in [0.05, 0.1) is 29.6 Å². The summed E-state index contributed by atoms with van der Waals surface area (Å²) in [5, 5.41) is 13.2. The molecule has 1 N–H and O–H groups in total. The summed E-state index contributed by atoms with van der Waals surface area (Å²) in [5.74, 6) is -3.27. The molecule has 4 aliphatic rings. The van der Waals surface area contributed by atoms with Gasteiger partial charge in [0.25, 0.3) is 0 Å². The number of Topliss-reactive ketones (excluding diaryl/α,β-unsaturated/α-hetero) is 2. The van der Waals surface area contributed by atoms with Crippen molar-refractivity contribution in [1.82, 2.24) is 0 Å². The van der Waals surface area contributed by atoms with Gasteiger partial charge in [-0.15, -0.1) is 0 Å². The Morgan fingerprint density at radius 3 is 2.17 bits per heavy atom. The molecule has 1 aromatic carbocycles. The highest BCUT2D eigenvalue weighted by Crippen LogP contribution is 2.64. The van der Waals surface area contributed by atoms with E-state index in [0.717, 1.165) is 18.1 Å². The average molecular weight is 671 g/mol. The third-order valence-corrected chi connectivity index (χ3v) is 16.9. The molecule has 2 saturated carbocycles. The van der Waals surface area contributed by atoms with Gasteiger partial charge in [0.1, 0.15) is 23.9 Å². The van der Waals surface area contributed by atoms with Gasteiger partial charge in [0.15, 0.2) is 25.5 Å². The molecule has 11 heteroatoms. The average Bonchev–Trinajstić information content (AvgIpc) is 3.03. The van der Waals surface area contributed by atoms with Crippen molar-refractivity contribution in [2.24, 2.45) is 16.7 Å². The van der Waals surface area contributed by atoms with E-state index in [9.17, 15) is 19.5 Å². The van der Waals surface area contributed by atoms with E-state index < -0.39 is 72.6 Å². The monoisotopic (exact) mass is 670 g/mol. The van der Waals surface area contributed by atoms with Gasteiger partial charge in [-0.25, -0.2) is 4.79 Å². The smallest absolute Gasteiger partial charge is 0.338 e. The molecular formula is C36H50O10Si. The Labute approximate surface area is 278 Å². The number of benzene rings is 1. The van der Waals surface area contributed by atoms with Crippen LogP contribution in [0.1, 0.15) is 78.6 Å². The summed E-state index contributed by atoms with van der Waals surface area (Å²) in [6.07, 6.45) is -4.32. The number of carbonyl (C=O) groups excluding carboxylic acids is 4. The van der Waals surface area contributed by atoms with Crippen LogP contribution in [0.15, 0.2) is 41.5 Å². The van der Waals surface area contributed by atoms with E-state index in [-0.39, 0.29) is 36.6 Å². The second-order valence-electron chi connectivity index (χ2n) is 14.6. The van der Waals surface area contributed by atoms with Crippen LogP contribution in [0.5, 0.6) is 0 Å². The van der Waals surface area contributed by atoms with Crippen molar-refractivity contribution in [2.75, 3.05) is 13.7 Å². The summed E-state index contributed by atoms with van der Waals surface area (Å²) in [6.45, 7) is 14.4. The molecule has 5 rings (SSSR count). The van der Waals surface area contributed by atoms with Gasteiger partial charge >= 0.3 is 11.9 Å². The van der Waals surface area contributed by atoms with E-state index in [1.807, 2.05) is 0 Å². The predicted octanol–water partition coefficient (Wildman–Crippen LogP) is 4.97. The third-order valence-electron chi connectivity index (χ3n) is 12.3. The number of rotatable bonds is 9. The van der Waals surface area contributed by atoms with Gasteiger partial charge in [-0.2, -0.15) is 0 Å². The normalized spacial score (nSPS) is 36.3. The van der Waals surface area contributed by atoms with Crippen molar-refractivity contribution in [2.45, 2.75) is 122 Å². The highest BCUT2D eigenvalue weighted by Gasteiger charge is 2.78. The van der Waals surface area contributed by atoms with E-state index in [1.165, 1.54) is 14.0 Å². The number of methoxy groups -OCH3 is 1. The highest BCUT2D eigenvalue weighted by atomic mass is 28.4. The Balaban J connectivity index is 1.86. The molecule has 0 unspecified atom stereocenters. The van der Waals surface area contributed by atoms with Crippen LogP contribution in [0, 0.1) is 16.7 Å². The quantitative estimate of drug-likeness (QED) is 0.283. The Hall–Kier alpha value is -2.70. The van der Waals surface area contributed by atoms with Crippen LogP contribution in [-0.2, 0) is 37.8 Å². The number of hydrogen-bond donors (Lipinski definition) is 1. The zero-order valence-electron chi connectivity index (χ0n) is 29.1. The fourth-order valence-corrected chi connectivity index (χ4v) is 12.1. The van der Waals surface area contributed by atoms with Gasteiger partial charge < -0.3 is 28.5 Å². The molecule has 1 aromatic rings. The largest absolute Gasteiger partial charge is 0.455 e. The predicted molar refractivity (Wildman–Crippen MR) is 175 cm³/mol. The first kappa shape index (κ1) is 35.6. The number of aliphatic hydroxyl groups is 1. The van der Waals surface area contributed by atoms with Crippen LogP contribution in [0.3, 0.4) is 0 Å². The molecule has 3 aliphatic carbocycles. The molecule has 1 saturated heterocycles. The Morgan fingerprint density at radius 2 is 1.66 bits per heavy atom. The second-order valence-corrected chi connectivity index (χ2v) is 19.3. The second kappa shape index (κ2) is 12.3. The van der Waals surface area contributed by atoms with E-state index in [4.69, 9.17) is 23.4 Å². The minimum absolute atomic E-state index is 0.0847. The summed E-state index contributed by atoms with van der Waals surface area (Å²) in [7, 11) is -0.983. The zero-order valence-corrected chi connectivity index (χ0v) is 30.1. The number of allylic oxidation sites excluding steroid dienone is 1. The van der Waals surface area contributed by atoms with Crippen molar-refractivity contribution < 1.29 is 47.7 Å². The van der Waals surface area contributed by atoms with E-state index in [0.29, 0.717) is 11.1 Å². The number of ketones is 2. The summed E-state index contributed by atoms with van der Waals surface area (Å²) in [5.41, 5.74) is -5.42. The van der Waals surface area contributed by atoms with Crippen LogP contribution in [0.4, 0.5) is 0 Å². The lowest BCUT2D eigenvalue weighted by Gasteiger charge is -2.68. The molecule has 1 heterocycles. The zero-order chi connectivity index (χ0) is 34.7. The first-order valence-electron chi connectivity index (χ1n) is 16.8. The topological polar surface area (TPSA) is 135 Å². The molecule has 0 amide bonds. The molecule has 0 radical (unpaired) electrons. The lowest BCUT2D eigenvalue weighted by atomic mass is 9.44. The van der Waals surface area contributed by atoms with Crippen LogP contribution in [0.2, 0.25) is 18.1 Å². The van der Waals surface area contributed by atoms with Gasteiger partial charge in [-0.05, 0) is 55.3 Å². The van der Waals surface area contributed by atoms with Crippen LogP contribution in [-0.4, -0.2) is 86.3 Å². The molecule has 0 aromatic heterocycles. The fourth-order valence-electron chi connectivity index (χ4n) is 9.12. The summed E-state index contributed by atoms with van der Waals surface area (Å²) in [6, 6.07) is 10.8. The van der Waals surface area contributed by atoms with Crippen molar-refractivity contribution in [3.05, 3.63) is 47.0 Å². The van der Waals surface area contributed by atoms with Crippen LogP contribution < -0.4 is 0 Å². The molecule has 1 aliphatic heterocycles. The van der Waals surface area contributed by atoms with Crippen molar-refractivity contribution in [3.63, 3.8) is 0 Å². The molecule has 8 atom stereocenters. The van der Waals surface area contributed by atoms with E-state index in [2.05, 4.69) is 20.8 Å². The Kier molecular flexibility index (Phi) is 9.33. The number of ether oxygens (including phenoxy) is 4. The number of carbonyl (C=O) groups is 4. The molecule has 0 spiro atoms. The van der Waals surface area contributed by atoms with Crippen molar-refractivity contribution in [1.29, 1.82) is 0 Å². The molecule has 3 fully saturated rings. The Bertz CT molecular complexity index is 1460. The lowest BCUT2D eigenvalue weighted by molar-refractivity contribution is -0.343. The summed E-state index contributed by atoms with van der Waals surface area (Å²) < 4.78 is 32.0. The number of hydrogen-bond acceptors (Lipinski definition) is 10. The lowest BCUT2D eigenvalue weighted by Crippen LogP contribution is -2.82. The van der Waals surface area contributed by atoms with Gasteiger partial charge in [0, 0.05) is 32.3 Å². The van der Waals surface area contributed by atoms with Crippen LogP contribution >= 0.6 is 0 Å². The maximum absolute atomic E-state index is 15.5. The molecular weight excluding hydrogens is 620 g/mol. The van der Waals surface area contributed by atoms with E-state index >= 15 is 4.79 Å². The highest BCUT2D eigenvalue weighted by molar-refractivity contribution is 6.73. The minimum Gasteiger partial charge on any atom is -0.455 e. The molecule has 10 nitrogen and oxygen atoms in total. The standard InChI is InChI=1S/C36H50O10Si/c1-10-47(11-2,12-3)46-25-18-26-35(20-43-26,45-22(5)37)29-31(44-32(40)23-16-14-13-15-17-23)36(41)19-24(38)21(4)27(33(36,6)7)28(42-9)30(39)34(25,29)8/h13-17,25-26,28-29,31,41H,10-12,18-20H2,1-9H3/t25-,26+,28+,29-,31-,34+,35-,36+/m0/s1. The minimum atomic E-state index is -2.40. The SMILES string of the molecule is CC[Si](CC)(CC)O[C@H]1C[C@H]2OC[C@@]2(OC(C)=O)[C@H]2[C@H](OC(=O)c3ccccc3)[C@]3(O)CC(=O)C(C)=C([C@@H](OC)C(=O)[C@]12C)C3(C)C. The molecule has 2 bridgehead atoms. The molecule has 47 heavy (non-hydrogen) atoms. The first-order chi connectivity index (χ1) is 22.0. The van der Waals surface area contributed by atoms with Crippen molar-refractivity contribution >= 4 is 31.8 Å². The summed E-state index contributed by atoms with van der Waals surface area (Å²) >= 11 is 0. The number of esters is 2. The van der Waals surface area contributed by atoms with Gasteiger partial charge in [-0.1, -0.05) is 52.8 Å². The van der Waals surface area contributed by atoms with Gasteiger partial charge in [0.2, 0.25) is 0 Å². The maximum atomic E-state index is 15.5. The van der Waals surface area contributed by atoms with Crippen LogP contribution in [0.25, 0.3) is 0 Å². The Morgan fingerprint density at radius 1 is 1.04 bits per heavy atom. The molecule has 258 valence electrons.